The van der Waals surface area contributed by atoms with Crippen molar-refractivity contribution in [1.29, 1.82) is 0 Å². The first-order chi connectivity index (χ1) is 11.7. The second kappa shape index (κ2) is 9.46. The van der Waals surface area contributed by atoms with E-state index in [-0.39, 0.29) is 24.0 Å². The molecule has 0 fully saturated rings. The van der Waals surface area contributed by atoms with E-state index in [4.69, 9.17) is 0 Å². The summed E-state index contributed by atoms with van der Waals surface area (Å²) >= 11 is 1.71. The maximum absolute atomic E-state index is 4.57. The van der Waals surface area contributed by atoms with Crippen LogP contribution in [0.1, 0.15) is 42.6 Å². The first-order valence-electron chi connectivity index (χ1n) is 8.54. The number of hydrogen-bond donors (Lipinski definition) is 2. The van der Waals surface area contributed by atoms with Crippen molar-refractivity contribution < 1.29 is 0 Å². The van der Waals surface area contributed by atoms with E-state index in [0.717, 1.165) is 55.5 Å². The number of aryl methyl sites for hydroxylation is 3. The number of guanidine groups is 1. The fourth-order valence-electron chi connectivity index (χ4n) is 2.78. The van der Waals surface area contributed by atoms with E-state index in [1.807, 2.05) is 4.68 Å². The molecule has 0 saturated carbocycles. The molecule has 1 aliphatic heterocycles. The minimum absolute atomic E-state index is 0. The minimum atomic E-state index is 0. The summed E-state index contributed by atoms with van der Waals surface area (Å²) in [6.45, 7) is 5.74. The number of thiazole rings is 1. The Labute approximate surface area is 169 Å². The van der Waals surface area contributed by atoms with Crippen molar-refractivity contribution in [2.24, 2.45) is 4.99 Å². The van der Waals surface area contributed by atoms with Crippen molar-refractivity contribution in [2.75, 3.05) is 7.05 Å². The van der Waals surface area contributed by atoms with Crippen LogP contribution in [0.15, 0.2) is 10.4 Å². The SMILES string of the molecule is CCc1nc2n(n1)CC(NC(=NC)NCc1csc(CC)n1)CC2.I. The Morgan fingerprint density at radius 3 is 2.88 bits per heavy atom. The van der Waals surface area contributed by atoms with Crippen LogP contribution in [-0.4, -0.2) is 38.8 Å². The van der Waals surface area contributed by atoms with Crippen LogP contribution in [0.4, 0.5) is 0 Å². The molecule has 2 N–H and O–H groups in total. The molecule has 2 aromatic heterocycles. The molecule has 0 spiro atoms. The fourth-order valence-corrected chi connectivity index (χ4v) is 3.53. The lowest BCUT2D eigenvalue weighted by Crippen LogP contribution is -2.46. The highest BCUT2D eigenvalue weighted by atomic mass is 127. The van der Waals surface area contributed by atoms with Crippen LogP contribution >= 0.6 is 35.3 Å². The van der Waals surface area contributed by atoms with E-state index >= 15 is 0 Å². The van der Waals surface area contributed by atoms with Gasteiger partial charge in [0.25, 0.3) is 0 Å². The third kappa shape index (κ3) is 5.13. The van der Waals surface area contributed by atoms with Crippen LogP contribution in [0.5, 0.6) is 0 Å². The normalized spacial score (nSPS) is 16.9. The number of nitrogens with zero attached hydrogens (tertiary/aromatic N) is 5. The highest BCUT2D eigenvalue weighted by Gasteiger charge is 2.22. The van der Waals surface area contributed by atoms with Crippen molar-refractivity contribution in [3.8, 4) is 0 Å². The fraction of sp³-hybridized carbons (Fsp3) is 0.625. The first kappa shape index (κ1) is 20.1. The minimum Gasteiger partial charge on any atom is -0.352 e. The average molecular weight is 475 g/mol. The zero-order valence-electron chi connectivity index (χ0n) is 14.9. The van der Waals surface area contributed by atoms with Crippen molar-refractivity contribution >= 4 is 41.3 Å². The van der Waals surface area contributed by atoms with Crippen molar-refractivity contribution in [3.63, 3.8) is 0 Å². The molecule has 0 bridgehead atoms. The summed E-state index contributed by atoms with van der Waals surface area (Å²) in [7, 11) is 1.80. The molecule has 25 heavy (non-hydrogen) atoms. The van der Waals surface area contributed by atoms with Gasteiger partial charge in [0.05, 0.1) is 23.8 Å². The van der Waals surface area contributed by atoms with Gasteiger partial charge in [0.15, 0.2) is 11.8 Å². The molecule has 1 atom stereocenters. The van der Waals surface area contributed by atoms with Gasteiger partial charge in [0, 0.05) is 31.3 Å². The van der Waals surface area contributed by atoms with Gasteiger partial charge < -0.3 is 10.6 Å². The summed E-state index contributed by atoms with van der Waals surface area (Å²) in [4.78, 5) is 13.5. The summed E-state index contributed by atoms with van der Waals surface area (Å²) in [6, 6.07) is 0.316. The molecule has 9 heteroatoms. The van der Waals surface area contributed by atoms with E-state index < -0.39 is 0 Å². The van der Waals surface area contributed by atoms with E-state index in [9.17, 15) is 0 Å². The summed E-state index contributed by atoms with van der Waals surface area (Å²) < 4.78 is 2.03. The molecule has 0 saturated heterocycles. The summed E-state index contributed by atoms with van der Waals surface area (Å²) in [6.07, 6.45) is 3.86. The molecular weight excluding hydrogens is 449 g/mol. The number of halogens is 1. The Bertz CT molecular complexity index is 709. The zero-order chi connectivity index (χ0) is 16.9. The van der Waals surface area contributed by atoms with E-state index in [1.54, 1.807) is 18.4 Å². The number of aromatic nitrogens is 4. The van der Waals surface area contributed by atoms with E-state index in [1.165, 1.54) is 5.01 Å². The van der Waals surface area contributed by atoms with Crippen LogP contribution in [-0.2, 0) is 32.4 Å². The number of hydrogen-bond acceptors (Lipinski definition) is 5. The van der Waals surface area contributed by atoms with Gasteiger partial charge in [-0.2, -0.15) is 5.10 Å². The van der Waals surface area contributed by atoms with Gasteiger partial charge in [0.2, 0.25) is 0 Å². The molecular formula is C16H26IN7S. The Kier molecular flexibility index (Phi) is 7.60. The van der Waals surface area contributed by atoms with Crippen LogP contribution < -0.4 is 10.6 Å². The highest BCUT2D eigenvalue weighted by molar-refractivity contribution is 14.0. The largest absolute Gasteiger partial charge is 0.352 e. The van der Waals surface area contributed by atoms with Gasteiger partial charge in [-0.1, -0.05) is 13.8 Å². The van der Waals surface area contributed by atoms with E-state index in [0.29, 0.717) is 12.6 Å². The number of fused-ring (bicyclic) bond motifs is 1. The summed E-state index contributed by atoms with van der Waals surface area (Å²) in [5.41, 5.74) is 1.06. The van der Waals surface area contributed by atoms with Gasteiger partial charge in [0.1, 0.15) is 5.82 Å². The second-order valence-corrected chi connectivity index (χ2v) is 6.81. The number of aliphatic imine (C=N–C) groups is 1. The van der Waals surface area contributed by atoms with E-state index in [2.05, 4.69) is 49.9 Å². The molecule has 0 aliphatic carbocycles. The lowest BCUT2D eigenvalue weighted by molar-refractivity contribution is 0.392. The molecule has 1 aliphatic rings. The molecule has 0 radical (unpaired) electrons. The van der Waals surface area contributed by atoms with Gasteiger partial charge in [-0.15, -0.1) is 35.3 Å². The second-order valence-electron chi connectivity index (χ2n) is 5.87. The average Bonchev–Trinajstić information content (AvgIpc) is 3.24. The highest BCUT2D eigenvalue weighted by Crippen LogP contribution is 2.13. The van der Waals surface area contributed by atoms with Crippen LogP contribution in [0, 0.1) is 0 Å². The monoisotopic (exact) mass is 475 g/mol. The Morgan fingerprint density at radius 2 is 2.20 bits per heavy atom. The van der Waals surface area contributed by atoms with Crippen molar-refractivity contribution in [3.05, 3.63) is 27.7 Å². The van der Waals surface area contributed by atoms with Crippen LogP contribution in [0.25, 0.3) is 0 Å². The molecule has 2 aromatic rings. The maximum atomic E-state index is 4.57. The number of nitrogens with one attached hydrogen (secondary N) is 2. The lowest BCUT2D eigenvalue weighted by Gasteiger charge is -2.25. The van der Waals surface area contributed by atoms with Gasteiger partial charge in [-0.05, 0) is 12.8 Å². The Morgan fingerprint density at radius 1 is 1.36 bits per heavy atom. The third-order valence-corrected chi connectivity index (χ3v) is 5.16. The van der Waals surface area contributed by atoms with Crippen LogP contribution in [0.2, 0.25) is 0 Å². The van der Waals surface area contributed by atoms with Crippen molar-refractivity contribution in [2.45, 2.75) is 58.7 Å². The summed E-state index contributed by atoms with van der Waals surface area (Å²) in [5.74, 6) is 2.84. The molecule has 0 aromatic carbocycles. The van der Waals surface area contributed by atoms with Gasteiger partial charge >= 0.3 is 0 Å². The topological polar surface area (TPSA) is 80.0 Å². The Balaban J connectivity index is 0.00000225. The maximum Gasteiger partial charge on any atom is 0.191 e. The standard InChI is InChI=1S/C16H25N7S.HI/c1-4-13-21-14-7-6-11(9-23(14)22-13)20-16(17-3)18-8-12-10-24-15(5-2)19-12;/h10-11H,4-9H2,1-3H3,(H2,17,18,20);1H. The molecule has 1 unspecified atom stereocenters. The summed E-state index contributed by atoms with van der Waals surface area (Å²) in [5, 5.41) is 14.7. The molecule has 7 nitrogen and oxygen atoms in total. The lowest BCUT2D eigenvalue weighted by atomic mass is 10.1. The molecule has 138 valence electrons. The first-order valence-corrected chi connectivity index (χ1v) is 9.42. The number of rotatable bonds is 5. The smallest absolute Gasteiger partial charge is 0.191 e. The molecule has 0 amide bonds. The van der Waals surface area contributed by atoms with Gasteiger partial charge in [-0.25, -0.2) is 14.6 Å². The quantitative estimate of drug-likeness (QED) is 0.394. The Hall–Kier alpha value is -1.23. The zero-order valence-corrected chi connectivity index (χ0v) is 18.1. The molecule has 3 heterocycles. The van der Waals surface area contributed by atoms with Crippen LogP contribution in [0.3, 0.4) is 0 Å². The third-order valence-electron chi connectivity index (χ3n) is 4.12. The predicted octanol–water partition coefficient (Wildman–Crippen LogP) is 2.16. The van der Waals surface area contributed by atoms with Crippen molar-refractivity contribution in [1.82, 2.24) is 30.4 Å². The molecule has 3 rings (SSSR count). The predicted molar refractivity (Wildman–Crippen MR) is 112 cm³/mol. The van der Waals surface area contributed by atoms with Gasteiger partial charge in [-0.3, -0.25) is 4.99 Å².